The molecule has 1 atom stereocenters. The number of nitrogens with one attached hydrogen (secondary N) is 1. The van der Waals surface area contributed by atoms with Gasteiger partial charge in [-0.15, -0.1) is 0 Å². The summed E-state index contributed by atoms with van der Waals surface area (Å²) in [5, 5.41) is 3.02. The van der Waals surface area contributed by atoms with Crippen molar-refractivity contribution in [2.75, 3.05) is 7.11 Å². The Labute approximate surface area is 172 Å². The number of ether oxygens (including phenoxy) is 1. The van der Waals surface area contributed by atoms with Crippen LogP contribution in [0.25, 0.3) is 0 Å². The van der Waals surface area contributed by atoms with Crippen LogP contribution < -0.4 is 10.1 Å². The zero-order valence-electron chi connectivity index (χ0n) is 17.5. The molecule has 1 heterocycles. The molecule has 0 radical (unpaired) electrons. The van der Waals surface area contributed by atoms with Crippen LogP contribution in [0.3, 0.4) is 0 Å². The molecule has 4 rings (SSSR count). The van der Waals surface area contributed by atoms with E-state index >= 15 is 0 Å². The zero-order chi connectivity index (χ0) is 20.8. The van der Waals surface area contributed by atoms with Gasteiger partial charge in [0.1, 0.15) is 11.3 Å². The third kappa shape index (κ3) is 3.28. The molecule has 1 aliphatic heterocycles. The maximum absolute atomic E-state index is 13.5. The number of methoxy groups -OCH3 is 1. The van der Waals surface area contributed by atoms with Gasteiger partial charge in [0.25, 0.3) is 5.91 Å². The highest BCUT2D eigenvalue weighted by molar-refractivity contribution is 6.07. The van der Waals surface area contributed by atoms with Crippen molar-refractivity contribution in [3.05, 3.63) is 64.7 Å². The highest BCUT2D eigenvalue weighted by Gasteiger charge is 2.53. The van der Waals surface area contributed by atoms with Crippen molar-refractivity contribution in [2.24, 2.45) is 0 Å². The van der Waals surface area contributed by atoms with Gasteiger partial charge in [-0.3, -0.25) is 9.69 Å². The highest BCUT2D eigenvalue weighted by Crippen LogP contribution is 2.41. The van der Waals surface area contributed by atoms with Gasteiger partial charge >= 0.3 is 6.03 Å². The molecule has 0 aromatic heterocycles. The van der Waals surface area contributed by atoms with Gasteiger partial charge in [0.2, 0.25) is 0 Å². The van der Waals surface area contributed by atoms with Crippen LogP contribution in [0, 0.1) is 0 Å². The van der Waals surface area contributed by atoms with E-state index in [0.717, 1.165) is 35.3 Å². The molecule has 0 saturated carbocycles. The summed E-state index contributed by atoms with van der Waals surface area (Å²) < 4.78 is 5.33. The number of carbonyl (C=O) groups is 2. The van der Waals surface area contributed by atoms with Crippen LogP contribution in [-0.4, -0.2) is 23.9 Å². The molecule has 3 amide bonds. The second kappa shape index (κ2) is 6.90. The number of urea groups is 1. The average molecular weight is 392 g/mol. The Morgan fingerprint density at radius 1 is 1.10 bits per heavy atom. The predicted octanol–water partition coefficient (Wildman–Crippen LogP) is 4.28. The number of nitrogens with zero attached hydrogens (tertiary/aromatic N) is 1. The number of rotatable bonds is 3. The molecule has 5 nitrogen and oxygen atoms in total. The number of amides is 3. The van der Waals surface area contributed by atoms with E-state index in [0.29, 0.717) is 6.42 Å². The van der Waals surface area contributed by atoms with Crippen molar-refractivity contribution in [1.29, 1.82) is 0 Å². The predicted molar refractivity (Wildman–Crippen MR) is 112 cm³/mol. The molecule has 2 aromatic rings. The van der Waals surface area contributed by atoms with Gasteiger partial charge in [-0.2, -0.15) is 0 Å². The van der Waals surface area contributed by atoms with E-state index < -0.39 is 5.54 Å². The lowest BCUT2D eigenvalue weighted by Gasteiger charge is -2.33. The van der Waals surface area contributed by atoms with E-state index in [2.05, 4.69) is 38.2 Å². The number of hydrogen-bond donors (Lipinski definition) is 1. The summed E-state index contributed by atoms with van der Waals surface area (Å²) in [5.41, 5.74) is 3.25. The minimum atomic E-state index is -0.956. The molecular weight excluding hydrogens is 364 g/mol. The van der Waals surface area contributed by atoms with Crippen LogP contribution in [0.15, 0.2) is 42.5 Å². The van der Waals surface area contributed by atoms with Crippen molar-refractivity contribution >= 4 is 11.9 Å². The normalized spacial score (nSPS) is 21.3. The fraction of sp³-hybridized carbons (Fsp3) is 0.417. The molecule has 1 saturated heterocycles. The average Bonchev–Trinajstić information content (AvgIpc) is 2.92. The van der Waals surface area contributed by atoms with Gasteiger partial charge in [-0.25, -0.2) is 4.79 Å². The summed E-state index contributed by atoms with van der Waals surface area (Å²) in [6, 6.07) is 13.6. The molecular formula is C24H28N2O3. The Morgan fingerprint density at radius 2 is 1.83 bits per heavy atom. The van der Waals surface area contributed by atoms with Gasteiger partial charge in [-0.1, -0.05) is 51.1 Å². The fourth-order valence-corrected chi connectivity index (χ4v) is 4.41. The molecule has 1 fully saturated rings. The molecule has 1 aliphatic carbocycles. The first-order chi connectivity index (χ1) is 13.7. The number of aryl methyl sites for hydroxylation is 1. The molecule has 2 aromatic carbocycles. The summed E-state index contributed by atoms with van der Waals surface area (Å²) in [4.78, 5) is 27.6. The Kier molecular flexibility index (Phi) is 4.64. The number of imide groups is 1. The van der Waals surface area contributed by atoms with E-state index in [-0.39, 0.29) is 23.9 Å². The van der Waals surface area contributed by atoms with Crippen LogP contribution in [0.1, 0.15) is 55.9 Å². The SMILES string of the molecule is COc1ccc2c(c1)CCCC21NC(=O)N(Cc2ccc(C(C)(C)C)cc2)C1=O. The van der Waals surface area contributed by atoms with E-state index in [4.69, 9.17) is 4.74 Å². The largest absolute Gasteiger partial charge is 0.497 e. The third-order valence-electron chi connectivity index (χ3n) is 6.11. The molecule has 0 bridgehead atoms. The summed E-state index contributed by atoms with van der Waals surface area (Å²) >= 11 is 0. The molecule has 1 N–H and O–H groups in total. The van der Waals surface area contributed by atoms with Crippen molar-refractivity contribution < 1.29 is 14.3 Å². The second-order valence-electron chi connectivity index (χ2n) is 9.05. The molecule has 2 aliphatic rings. The van der Waals surface area contributed by atoms with Gasteiger partial charge in [-0.05, 0) is 59.1 Å². The Bertz CT molecular complexity index is 959. The lowest BCUT2D eigenvalue weighted by molar-refractivity contribution is -0.132. The van der Waals surface area contributed by atoms with E-state index in [1.54, 1.807) is 7.11 Å². The van der Waals surface area contributed by atoms with E-state index in [1.807, 2.05) is 30.3 Å². The van der Waals surface area contributed by atoms with Crippen LogP contribution in [0.4, 0.5) is 4.79 Å². The Balaban J connectivity index is 1.62. The van der Waals surface area contributed by atoms with Gasteiger partial charge < -0.3 is 10.1 Å². The van der Waals surface area contributed by atoms with Gasteiger partial charge in [0, 0.05) is 0 Å². The zero-order valence-corrected chi connectivity index (χ0v) is 17.5. The highest BCUT2D eigenvalue weighted by atomic mass is 16.5. The number of benzene rings is 2. The standard InChI is InChI=1S/C24H28N2O3/c1-23(2,3)18-9-7-16(8-10-18)15-26-21(27)24(25-22(26)28)13-5-6-17-14-19(29-4)11-12-20(17)24/h7-12,14H,5-6,13,15H2,1-4H3,(H,25,28). The summed E-state index contributed by atoms with van der Waals surface area (Å²) in [6.07, 6.45) is 2.35. The van der Waals surface area contributed by atoms with Crippen LogP contribution >= 0.6 is 0 Å². The number of fused-ring (bicyclic) bond motifs is 2. The Hall–Kier alpha value is -2.82. The quantitative estimate of drug-likeness (QED) is 0.794. The lowest BCUT2D eigenvalue weighted by Crippen LogP contribution is -2.46. The van der Waals surface area contributed by atoms with Gasteiger partial charge in [0.15, 0.2) is 0 Å². The number of hydrogen-bond acceptors (Lipinski definition) is 3. The van der Waals surface area contributed by atoms with Gasteiger partial charge in [0.05, 0.1) is 13.7 Å². The monoisotopic (exact) mass is 392 g/mol. The molecule has 1 spiro atoms. The van der Waals surface area contributed by atoms with E-state index in [1.165, 1.54) is 10.5 Å². The number of carbonyl (C=O) groups excluding carboxylic acids is 2. The van der Waals surface area contributed by atoms with Crippen LogP contribution in [0.2, 0.25) is 0 Å². The first-order valence-corrected chi connectivity index (χ1v) is 10.2. The maximum atomic E-state index is 13.5. The smallest absolute Gasteiger partial charge is 0.325 e. The first-order valence-electron chi connectivity index (χ1n) is 10.2. The molecule has 5 heteroatoms. The topological polar surface area (TPSA) is 58.6 Å². The van der Waals surface area contributed by atoms with Crippen LogP contribution in [-0.2, 0) is 28.7 Å². The molecule has 1 unspecified atom stereocenters. The van der Waals surface area contributed by atoms with Crippen molar-refractivity contribution in [3.8, 4) is 5.75 Å². The van der Waals surface area contributed by atoms with Crippen LogP contribution in [0.5, 0.6) is 5.75 Å². The minimum absolute atomic E-state index is 0.0658. The minimum Gasteiger partial charge on any atom is -0.497 e. The van der Waals surface area contributed by atoms with Crippen molar-refractivity contribution in [2.45, 2.75) is 57.5 Å². The van der Waals surface area contributed by atoms with Crippen molar-refractivity contribution in [1.82, 2.24) is 10.2 Å². The summed E-state index contributed by atoms with van der Waals surface area (Å²) in [7, 11) is 1.63. The fourth-order valence-electron chi connectivity index (χ4n) is 4.41. The maximum Gasteiger partial charge on any atom is 0.325 e. The van der Waals surface area contributed by atoms with Crippen molar-refractivity contribution in [3.63, 3.8) is 0 Å². The lowest BCUT2D eigenvalue weighted by atomic mass is 9.76. The summed E-state index contributed by atoms with van der Waals surface area (Å²) in [6.45, 7) is 6.78. The Morgan fingerprint density at radius 3 is 2.48 bits per heavy atom. The molecule has 29 heavy (non-hydrogen) atoms. The van der Waals surface area contributed by atoms with E-state index in [9.17, 15) is 9.59 Å². The summed E-state index contributed by atoms with van der Waals surface area (Å²) in [5.74, 6) is 0.613. The molecule has 152 valence electrons. The first kappa shape index (κ1) is 19.5. The second-order valence-corrected chi connectivity index (χ2v) is 9.05. The third-order valence-corrected chi connectivity index (χ3v) is 6.11.